The lowest BCUT2D eigenvalue weighted by Gasteiger charge is -2.20. The number of nitrogens with zero attached hydrogens (tertiary/aromatic N) is 2. The molecule has 1 aromatic carbocycles. The first-order valence-corrected chi connectivity index (χ1v) is 5.75. The van der Waals surface area contributed by atoms with E-state index >= 15 is 0 Å². The van der Waals surface area contributed by atoms with E-state index in [0.29, 0.717) is 0 Å². The average Bonchev–Trinajstić information content (AvgIpc) is 2.69. The van der Waals surface area contributed by atoms with Crippen molar-refractivity contribution < 1.29 is 0 Å². The van der Waals surface area contributed by atoms with Gasteiger partial charge in [0.25, 0.3) is 0 Å². The van der Waals surface area contributed by atoms with E-state index < -0.39 is 0 Å². The minimum Gasteiger partial charge on any atom is -0.305 e. The smallest absolute Gasteiger partial charge is 0.0992 e. The number of rotatable bonds is 1. The van der Waals surface area contributed by atoms with E-state index in [2.05, 4.69) is 50.5 Å². The summed E-state index contributed by atoms with van der Waals surface area (Å²) in [6, 6.07) is 6.34. The van der Waals surface area contributed by atoms with Crippen LogP contribution < -0.4 is 0 Å². The van der Waals surface area contributed by atoms with Gasteiger partial charge < -0.3 is 4.57 Å². The Hall–Kier alpha value is -1.22. The van der Waals surface area contributed by atoms with Gasteiger partial charge in [-0.05, 0) is 23.1 Å². The van der Waals surface area contributed by atoms with E-state index in [0.717, 1.165) is 10.6 Å². The molecule has 2 aromatic rings. The number of hydrogen-bond donors (Lipinski definition) is 1. The third kappa shape index (κ3) is 2.14. The van der Waals surface area contributed by atoms with Crippen molar-refractivity contribution in [1.29, 1.82) is 0 Å². The van der Waals surface area contributed by atoms with Crippen LogP contribution in [0.4, 0.5) is 0 Å². The van der Waals surface area contributed by atoms with Crippen LogP contribution >= 0.6 is 12.6 Å². The SMILES string of the molecule is CC(C)(C)c1ccc(S)c(-n2ccnc2)c1. The zero-order valence-corrected chi connectivity index (χ0v) is 10.7. The van der Waals surface area contributed by atoms with E-state index in [1.54, 1.807) is 12.5 Å². The zero-order valence-electron chi connectivity index (χ0n) is 9.81. The van der Waals surface area contributed by atoms with Crippen molar-refractivity contribution in [3.8, 4) is 5.69 Å². The van der Waals surface area contributed by atoms with Crippen molar-refractivity contribution in [3.63, 3.8) is 0 Å². The zero-order chi connectivity index (χ0) is 11.8. The molecular formula is C13H16N2S. The van der Waals surface area contributed by atoms with Gasteiger partial charge >= 0.3 is 0 Å². The largest absolute Gasteiger partial charge is 0.305 e. The quantitative estimate of drug-likeness (QED) is 0.745. The van der Waals surface area contributed by atoms with Crippen LogP contribution in [0.5, 0.6) is 0 Å². The summed E-state index contributed by atoms with van der Waals surface area (Å²) in [6.07, 6.45) is 5.50. The van der Waals surface area contributed by atoms with E-state index in [1.165, 1.54) is 5.56 Å². The third-order valence-corrected chi connectivity index (χ3v) is 3.00. The van der Waals surface area contributed by atoms with Gasteiger partial charge in [-0.1, -0.05) is 26.8 Å². The number of imidazole rings is 1. The maximum Gasteiger partial charge on any atom is 0.0992 e. The highest BCUT2D eigenvalue weighted by molar-refractivity contribution is 7.80. The van der Waals surface area contributed by atoms with Gasteiger partial charge in [-0.25, -0.2) is 4.98 Å². The summed E-state index contributed by atoms with van der Waals surface area (Å²) in [5.74, 6) is 0. The predicted octanol–water partition coefficient (Wildman–Crippen LogP) is 3.46. The summed E-state index contributed by atoms with van der Waals surface area (Å²) in [5.41, 5.74) is 2.53. The fraction of sp³-hybridized carbons (Fsp3) is 0.308. The lowest BCUT2D eigenvalue weighted by Crippen LogP contribution is -2.11. The molecular weight excluding hydrogens is 216 g/mol. The molecule has 0 saturated carbocycles. The Morgan fingerprint density at radius 1 is 1.25 bits per heavy atom. The summed E-state index contributed by atoms with van der Waals surface area (Å²) in [5, 5.41) is 0. The summed E-state index contributed by atoms with van der Waals surface area (Å²) in [7, 11) is 0. The minimum atomic E-state index is 0.150. The van der Waals surface area contributed by atoms with Gasteiger partial charge in [-0.3, -0.25) is 0 Å². The van der Waals surface area contributed by atoms with Crippen LogP contribution in [0.3, 0.4) is 0 Å². The van der Waals surface area contributed by atoms with Gasteiger partial charge in [-0.15, -0.1) is 12.6 Å². The second-order valence-electron chi connectivity index (χ2n) is 4.92. The molecule has 16 heavy (non-hydrogen) atoms. The molecule has 0 aliphatic rings. The van der Waals surface area contributed by atoms with Crippen molar-refractivity contribution >= 4 is 12.6 Å². The number of thiol groups is 1. The van der Waals surface area contributed by atoms with E-state index in [1.807, 2.05) is 16.8 Å². The van der Waals surface area contributed by atoms with Crippen LogP contribution in [0.2, 0.25) is 0 Å². The Labute approximate surface area is 102 Å². The van der Waals surface area contributed by atoms with Gasteiger partial charge in [0.1, 0.15) is 0 Å². The second-order valence-corrected chi connectivity index (χ2v) is 5.41. The molecule has 0 saturated heterocycles. The van der Waals surface area contributed by atoms with Gasteiger partial charge in [0.2, 0.25) is 0 Å². The van der Waals surface area contributed by atoms with Crippen molar-refractivity contribution in [2.75, 3.05) is 0 Å². The molecule has 0 radical (unpaired) electrons. The van der Waals surface area contributed by atoms with Crippen molar-refractivity contribution in [1.82, 2.24) is 9.55 Å². The van der Waals surface area contributed by atoms with Crippen LogP contribution in [0.1, 0.15) is 26.3 Å². The number of aromatic nitrogens is 2. The maximum atomic E-state index is 4.48. The number of hydrogen-bond acceptors (Lipinski definition) is 2. The molecule has 1 aromatic heterocycles. The van der Waals surface area contributed by atoms with Gasteiger partial charge in [-0.2, -0.15) is 0 Å². The molecule has 0 bridgehead atoms. The van der Waals surface area contributed by atoms with Crippen LogP contribution in [-0.4, -0.2) is 9.55 Å². The van der Waals surface area contributed by atoms with Crippen molar-refractivity contribution in [2.45, 2.75) is 31.1 Å². The minimum absolute atomic E-state index is 0.150. The molecule has 1 heterocycles. The molecule has 2 rings (SSSR count). The second kappa shape index (κ2) is 3.98. The molecule has 0 atom stereocenters. The Morgan fingerprint density at radius 3 is 2.56 bits per heavy atom. The fourth-order valence-electron chi connectivity index (χ4n) is 1.60. The summed E-state index contributed by atoms with van der Waals surface area (Å²) >= 11 is 4.48. The van der Waals surface area contributed by atoms with E-state index in [-0.39, 0.29) is 5.41 Å². The first kappa shape index (κ1) is 11.3. The van der Waals surface area contributed by atoms with Crippen LogP contribution in [-0.2, 0) is 5.41 Å². The monoisotopic (exact) mass is 232 g/mol. The highest BCUT2D eigenvalue weighted by atomic mass is 32.1. The third-order valence-electron chi connectivity index (χ3n) is 2.62. The van der Waals surface area contributed by atoms with Crippen molar-refractivity contribution in [2.24, 2.45) is 0 Å². The maximum absolute atomic E-state index is 4.48. The van der Waals surface area contributed by atoms with Crippen molar-refractivity contribution in [3.05, 3.63) is 42.5 Å². The summed E-state index contributed by atoms with van der Waals surface area (Å²) in [4.78, 5) is 5.02. The van der Waals surface area contributed by atoms with Crippen LogP contribution in [0.15, 0.2) is 41.8 Å². The standard InChI is InChI=1S/C13H16N2S/c1-13(2,3)10-4-5-12(16)11(8-10)15-7-6-14-9-15/h4-9,16H,1-3H3. The van der Waals surface area contributed by atoms with Crippen LogP contribution in [0, 0.1) is 0 Å². The summed E-state index contributed by atoms with van der Waals surface area (Å²) in [6.45, 7) is 6.62. The van der Waals surface area contributed by atoms with Gasteiger partial charge in [0, 0.05) is 17.3 Å². The van der Waals surface area contributed by atoms with Crippen LogP contribution in [0.25, 0.3) is 5.69 Å². The Bertz CT molecular complexity index is 481. The predicted molar refractivity (Wildman–Crippen MR) is 69.5 cm³/mol. The highest BCUT2D eigenvalue weighted by Gasteiger charge is 2.15. The molecule has 2 nitrogen and oxygen atoms in total. The topological polar surface area (TPSA) is 17.8 Å². The molecule has 0 N–H and O–H groups in total. The average molecular weight is 232 g/mol. The lowest BCUT2D eigenvalue weighted by atomic mass is 9.87. The molecule has 0 amide bonds. The number of benzene rings is 1. The molecule has 0 aliphatic heterocycles. The Balaban J connectivity index is 2.54. The molecule has 0 fully saturated rings. The first-order valence-electron chi connectivity index (χ1n) is 5.30. The molecule has 3 heteroatoms. The molecule has 0 spiro atoms. The first-order chi connectivity index (χ1) is 7.48. The van der Waals surface area contributed by atoms with Gasteiger partial charge in [0.05, 0.1) is 12.0 Å². The Kier molecular flexibility index (Phi) is 2.80. The van der Waals surface area contributed by atoms with Gasteiger partial charge in [0.15, 0.2) is 0 Å². The Morgan fingerprint density at radius 2 is 2.00 bits per heavy atom. The highest BCUT2D eigenvalue weighted by Crippen LogP contribution is 2.27. The molecule has 0 aliphatic carbocycles. The molecule has 0 unspecified atom stereocenters. The lowest BCUT2D eigenvalue weighted by molar-refractivity contribution is 0.589. The molecule has 84 valence electrons. The van der Waals surface area contributed by atoms with E-state index in [4.69, 9.17) is 0 Å². The fourth-order valence-corrected chi connectivity index (χ4v) is 1.85. The summed E-state index contributed by atoms with van der Waals surface area (Å²) < 4.78 is 1.98. The normalized spacial score (nSPS) is 11.8. The van der Waals surface area contributed by atoms with E-state index in [9.17, 15) is 0 Å².